The van der Waals surface area contributed by atoms with Crippen LogP contribution in [-0.4, -0.2) is 23.0 Å². The van der Waals surface area contributed by atoms with Crippen LogP contribution < -0.4 is 10.2 Å². The van der Waals surface area contributed by atoms with Gasteiger partial charge in [0.25, 0.3) is 5.91 Å². The summed E-state index contributed by atoms with van der Waals surface area (Å²) in [4.78, 5) is 28.8. The lowest BCUT2D eigenvalue weighted by molar-refractivity contribution is 0.0714. The highest BCUT2D eigenvalue weighted by molar-refractivity contribution is 9.10. The molecule has 5 rings (SSSR count). The number of hydrogen-bond donors (Lipinski definition) is 1. The molecule has 4 aromatic rings. The number of carbonyl (C=O) groups is 1. The zero-order valence-electron chi connectivity index (χ0n) is 18.0. The van der Waals surface area contributed by atoms with E-state index in [9.17, 15) is 14.7 Å². The predicted molar refractivity (Wildman–Crippen MR) is 128 cm³/mol. The number of hydrogen-bond acceptors (Lipinski definition) is 5. The van der Waals surface area contributed by atoms with Crippen molar-refractivity contribution in [3.05, 3.63) is 103 Å². The molecule has 1 amide bonds. The summed E-state index contributed by atoms with van der Waals surface area (Å²) in [5.41, 5.74) is 3.07. The topological polar surface area (TPSA) is 80.0 Å². The number of rotatable bonds is 4. The normalized spacial score (nSPS) is 15.2. The molecule has 166 valence electrons. The third-order valence-corrected chi connectivity index (χ3v) is 6.41. The third-order valence-electron chi connectivity index (χ3n) is 5.92. The lowest BCUT2D eigenvalue weighted by Crippen LogP contribution is -2.29. The summed E-state index contributed by atoms with van der Waals surface area (Å²) in [7, 11) is 1.45. The first-order valence-corrected chi connectivity index (χ1v) is 11.2. The molecule has 2 heterocycles. The van der Waals surface area contributed by atoms with Crippen LogP contribution in [-0.2, 0) is 6.54 Å². The maximum atomic E-state index is 13.6. The van der Waals surface area contributed by atoms with Crippen LogP contribution in [0.2, 0.25) is 0 Å². The van der Waals surface area contributed by atoms with Gasteiger partial charge in [-0.2, -0.15) is 0 Å². The molecule has 1 aliphatic rings. The quantitative estimate of drug-likeness (QED) is 0.405. The molecule has 1 atom stereocenters. The Hall–Kier alpha value is -3.58. The average molecular weight is 506 g/mol. The van der Waals surface area contributed by atoms with Crippen LogP contribution in [0.3, 0.4) is 0 Å². The first-order chi connectivity index (χ1) is 15.9. The monoisotopic (exact) mass is 505 g/mol. The van der Waals surface area contributed by atoms with Crippen molar-refractivity contribution in [3.63, 3.8) is 0 Å². The average Bonchev–Trinajstić information content (AvgIpc) is 3.08. The Labute approximate surface area is 198 Å². The third kappa shape index (κ3) is 3.58. The number of phenols is 1. The second-order valence-electron chi connectivity index (χ2n) is 8.07. The van der Waals surface area contributed by atoms with E-state index in [0.717, 1.165) is 15.6 Å². The molecule has 1 N–H and O–H groups in total. The number of nitrogens with zero attached hydrogens (tertiary/aromatic N) is 1. The van der Waals surface area contributed by atoms with Gasteiger partial charge in [-0.05, 0) is 48.4 Å². The highest BCUT2D eigenvalue weighted by Crippen LogP contribution is 2.41. The molecule has 0 saturated heterocycles. The van der Waals surface area contributed by atoms with Crippen molar-refractivity contribution in [1.29, 1.82) is 0 Å². The lowest BCUT2D eigenvalue weighted by atomic mass is 9.97. The Balaban J connectivity index is 1.73. The fraction of sp³-hybridized carbons (Fsp3) is 0.154. The summed E-state index contributed by atoms with van der Waals surface area (Å²) in [5, 5.41) is 10.5. The number of aryl methyl sites for hydroxylation is 1. The molecule has 3 aromatic carbocycles. The van der Waals surface area contributed by atoms with E-state index in [1.165, 1.54) is 13.2 Å². The Morgan fingerprint density at radius 3 is 2.55 bits per heavy atom. The molecule has 6 nitrogen and oxygen atoms in total. The molecular formula is C26H20BrNO5. The summed E-state index contributed by atoms with van der Waals surface area (Å²) in [6, 6.07) is 17.2. The van der Waals surface area contributed by atoms with Crippen LogP contribution in [0, 0.1) is 6.92 Å². The molecule has 33 heavy (non-hydrogen) atoms. The Morgan fingerprint density at radius 2 is 1.82 bits per heavy atom. The number of ether oxygens (including phenoxy) is 1. The number of amides is 1. The van der Waals surface area contributed by atoms with Crippen molar-refractivity contribution in [2.75, 3.05) is 7.11 Å². The minimum atomic E-state index is -0.692. The summed E-state index contributed by atoms with van der Waals surface area (Å²) in [5.74, 6) is -0.0783. The van der Waals surface area contributed by atoms with Gasteiger partial charge in [-0.3, -0.25) is 9.59 Å². The molecule has 7 heteroatoms. The number of halogens is 1. The van der Waals surface area contributed by atoms with E-state index in [0.29, 0.717) is 16.5 Å². The number of fused-ring (bicyclic) bond motifs is 2. The van der Waals surface area contributed by atoms with Crippen LogP contribution in [0.15, 0.2) is 74.3 Å². The largest absolute Gasteiger partial charge is 0.504 e. The second-order valence-corrected chi connectivity index (χ2v) is 8.98. The molecule has 1 aliphatic heterocycles. The SMILES string of the molecule is COc1cc(C2c3c(oc4ccc(Br)cc4c3=O)C(=O)N2Cc2ccc(C)cc2)ccc1O. The van der Waals surface area contributed by atoms with E-state index in [2.05, 4.69) is 15.9 Å². The van der Waals surface area contributed by atoms with Gasteiger partial charge in [0.2, 0.25) is 5.76 Å². The van der Waals surface area contributed by atoms with Gasteiger partial charge in [-0.15, -0.1) is 0 Å². The minimum Gasteiger partial charge on any atom is -0.504 e. The van der Waals surface area contributed by atoms with Crippen LogP contribution in [0.5, 0.6) is 11.5 Å². The van der Waals surface area contributed by atoms with E-state index in [1.54, 1.807) is 35.2 Å². The Bertz CT molecular complexity index is 1460. The smallest absolute Gasteiger partial charge is 0.291 e. The fourth-order valence-corrected chi connectivity index (χ4v) is 4.62. The van der Waals surface area contributed by atoms with Crippen molar-refractivity contribution < 1.29 is 19.1 Å². The maximum absolute atomic E-state index is 13.6. The zero-order valence-corrected chi connectivity index (χ0v) is 19.5. The van der Waals surface area contributed by atoms with E-state index in [1.807, 2.05) is 31.2 Å². The molecular weight excluding hydrogens is 486 g/mol. The van der Waals surface area contributed by atoms with Gasteiger partial charge in [0.05, 0.1) is 24.1 Å². The molecule has 0 spiro atoms. The Morgan fingerprint density at radius 1 is 1.06 bits per heavy atom. The van der Waals surface area contributed by atoms with Crippen LogP contribution in [0.1, 0.15) is 38.9 Å². The molecule has 0 radical (unpaired) electrons. The number of methoxy groups -OCH3 is 1. The van der Waals surface area contributed by atoms with Gasteiger partial charge in [0.15, 0.2) is 16.9 Å². The summed E-state index contributed by atoms with van der Waals surface area (Å²) < 4.78 is 12.0. The van der Waals surface area contributed by atoms with Gasteiger partial charge in [-0.1, -0.05) is 51.8 Å². The van der Waals surface area contributed by atoms with Gasteiger partial charge in [0, 0.05) is 11.0 Å². The van der Waals surface area contributed by atoms with E-state index in [4.69, 9.17) is 9.15 Å². The molecule has 1 unspecified atom stereocenters. The highest BCUT2D eigenvalue weighted by Gasteiger charge is 2.43. The van der Waals surface area contributed by atoms with Gasteiger partial charge in [-0.25, -0.2) is 0 Å². The number of benzene rings is 3. The van der Waals surface area contributed by atoms with Crippen molar-refractivity contribution in [3.8, 4) is 11.5 Å². The van der Waals surface area contributed by atoms with Gasteiger partial charge in [0.1, 0.15) is 5.58 Å². The number of aromatic hydroxyl groups is 1. The van der Waals surface area contributed by atoms with Crippen LogP contribution in [0.25, 0.3) is 11.0 Å². The molecule has 1 aromatic heterocycles. The maximum Gasteiger partial charge on any atom is 0.291 e. The second kappa shape index (κ2) is 8.08. The standard InChI is InChI=1S/C26H20BrNO5/c1-14-3-5-15(6-4-14)13-28-23(16-7-9-19(29)21(11-16)32-2)22-24(30)18-12-17(27)8-10-20(18)33-25(22)26(28)31/h3-12,23,29H,13H2,1-2H3. The lowest BCUT2D eigenvalue weighted by Gasteiger charge is -2.25. The van der Waals surface area contributed by atoms with E-state index in [-0.39, 0.29) is 40.7 Å². The molecule has 0 aliphatic carbocycles. The number of phenolic OH excluding ortho intramolecular Hbond substituents is 1. The summed E-state index contributed by atoms with van der Waals surface area (Å²) >= 11 is 3.41. The van der Waals surface area contributed by atoms with Crippen molar-refractivity contribution in [2.45, 2.75) is 19.5 Å². The first-order valence-electron chi connectivity index (χ1n) is 10.4. The van der Waals surface area contributed by atoms with E-state index < -0.39 is 6.04 Å². The van der Waals surface area contributed by atoms with Crippen LogP contribution >= 0.6 is 15.9 Å². The molecule has 0 bridgehead atoms. The molecule has 0 fully saturated rings. The zero-order chi connectivity index (χ0) is 23.3. The summed E-state index contributed by atoms with van der Waals surface area (Å²) in [6.07, 6.45) is 0. The van der Waals surface area contributed by atoms with Crippen molar-refractivity contribution in [1.82, 2.24) is 4.90 Å². The summed E-state index contributed by atoms with van der Waals surface area (Å²) in [6.45, 7) is 2.29. The van der Waals surface area contributed by atoms with Crippen molar-refractivity contribution >= 4 is 32.8 Å². The van der Waals surface area contributed by atoms with Crippen LogP contribution in [0.4, 0.5) is 0 Å². The van der Waals surface area contributed by atoms with Gasteiger partial charge < -0.3 is 19.2 Å². The van der Waals surface area contributed by atoms with Crippen molar-refractivity contribution in [2.24, 2.45) is 0 Å². The van der Waals surface area contributed by atoms with Gasteiger partial charge >= 0.3 is 0 Å². The highest BCUT2D eigenvalue weighted by atomic mass is 79.9. The first kappa shape index (κ1) is 21.3. The minimum absolute atomic E-state index is 0.0228. The number of carbonyl (C=O) groups excluding carboxylic acids is 1. The fourth-order valence-electron chi connectivity index (χ4n) is 4.26. The predicted octanol–water partition coefficient (Wildman–Crippen LogP) is 5.32. The molecule has 0 saturated carbocycles. The van der Waals surface area contributed by atoms with E-state index >= 15 is 0 Å². The Kier molecular flexibility index (Phi) is 5.21.